The van der Waals surface area contributed by atoms with Gasteiger partial charge in [-0.1, -0.05) is 11.8 Å². The quantitative estimate of drug-likeness (QED) is 0.824. The van der Waals surface area contributed by atoms with Gasteiger partial charge in [0.2, 0.25) is 11.8 Å². The van der Waals surface area contributed by atoms with Crippen molar-refractivity contribution in [2.45, 2.75) is 36.9 Å². The predicted molar refractivity (Wildman–Crippen MR) is 72.3 cm³/mol. The Labute approximate surface area is 120 Å². The molecule has 6 nitrogen and oxygen atoms in total. The SMILES string of the molecule is C[C@H](NC(=O)CSc1nnc(C2CC2)o1)c1ccco1. The van der Waals surface area contributed by atoms with Crippen LogP contribution in [-0.4, -0.2) is 21.9 Å². The van der Waals surface area contributed by atoms with Crippen LogP contribution in [0.5, 0.6) is 0 Å². The molecule has 0 bridgehead atoms. The Morgan fingerprint density at radius 1 is 1.55 bits per heavy atom. The summed E-state index contributed by atoms with van der Waals surface area (Å²) in [6.45, 7) is 1.87. The molecule has 106 valence electrons. The Morgan fingerprint density at radius 2 is 2.40 bits per heavy atom. The molecule has 20 heavy (non-hydrogen) atoms. The number of nitrogens with zero attached hydrogens (tertiary/aromatic N) is 2. The number of carbonyl (C=O) groups excluding carboxylic acids is 1. The molecule has 1 saturated carbocycles. The molecule has 0 unspecified atom stereocenters. The van der Waals surface area contributed by atoms with Gasteiger partial charge in [0.15, 0.2) is 0 Å². The predicted octanol–water partition coefficient (Wildman–Crippen LogP) is 2.51. The van der Waals surface area contributed by atoms with Crippen molar-refractivity contribution in [3.05, 3.63) is 30.0 Å². The van der Waals surface area contributed by atoms with Gasteiger partial charge in [-0.25, -0.2) is 0 Å². The molecule has 1 aliphatic rings. The minimum atomic E-state index is -0.150. The zero-order valence-electron chi connectivity index (χ0n) is 11.0. The first-order chi connectivity index (χ1) is 9.72. The van der Waals surface area contributed by atoms with Gasteiger partial charge in [0, 0.05) is 5.92 Å². The third kappa shape index (κ3) is 3.22. The molecule has 0 aromatic carbocycles. The van der Waals surface area contributed by atoms with Gasteiger partial charge in [0.25, 0.3) is 5.22 Å². The second-order valence-corrected chi connectivity index (χ2v) is 5.70. The van der Waals surface area contributed by atoms with Crippen molar-refractivity contribution in [2.24, 2.45) is 0 Å². The molecule has 1 atom stereocenters. The van der Waals surface area contributed by atoms with Crippen LogP contribution in [0.2, 0.25) is 0 Å². The molecule has 2 aromatic rings. The largest absolute Gasteiger partial charge is 0.467 e. The summed E-state index contributed by atoms with van der Waals surface area (Å²) in [5.74, 6) is 2.01. The van der Waals surface area contributed by atoms with Gasteiger partial charge in [-0.2, -0.15) is 0 Å². The van der Waals surface area contributed by atoms with Crippen molar-refractivity contribution in [3.63, 3.8) is 0 Å². The first-order valence-corrected chi connectivity index (χ1v) is 7.50. The second-order valence-electron chi connectivity index (χ2n) is 4.77. The molecule has 7 heteroatoms. The monoisotopic (exact) mass is 293 g/mol. The highest BCUT2D eigenvalue weighted by molar-refractivity contribution is 7.99. The molecule has 0 saturated heterocycles. The summed E-state index contributed by atoms with van der Waals surface area (Å²) >= 11 is 1.25. The van der Waals surface area contributed by atoms with E-state index in [1.54, 1.807) is 12.3 Å². The van der Waals surface area contributed by atoms with Crippen molar-refractivity contribution < 1.29 is 13.6 Å². The van der Waals surface area contributed by atoms with Crippen LogP contribution in [0.15, 0.2) is 32.5 Å². The van der Waals surface area contributed by atoms with Crippen LogP contribution in [0.3, 0.4) is 0 Å². The van der Waals surface area contributed by atoms with E-state index in [9.17, 15) is 4.79 Å². The lowest BCUT2D eigenvalue weighted by atomic mass is 10.2. The molecule has 0 spiro atoms. The van der Waals surface area contributed by atoms with Crippen molar-refractivity contribution in [1.82, 2.24) is 15.5 Å². The normalized spacial score (nSPS) is 16.1. The molecule has 1 aliphatic carbocycles. The topological polar surface area (TPSA) is 81.2 Å². The van der Waals surface area contributed by atoms with E-state index in [0.717, 1.165) is 18.6 Å². The summed E-state index contributed by atoms with van der Waals surface area (Å²) in [5, 5.41) is 11.2. The lowest BCUT2D eigenvalue weighted by Crippen LogP contribution is -2.27. The molecule has 2 heterocycles. The number of aromatic nitrogens is 2. The number of hydrogen-bond acceptors (Lipinski definition) is 6. The fourth-order valence-corrected chi connectivity index (χ4v) is 2.37. The zero-order valence-corrected chi connectivity index (χ0v) is 11.9. The van der Waals surface area contributed by atoms with Crippen molar-refractivity contribution in [2.75, 3.05) is 5.75 Å². The molecule has 3 rings (SSSR count). The maximum atomic E-state index is 11.8. The lowest BCUT2D eigenvalue weighted by Gasteiger charge is -2.10. The maximum Gasteiger partial charge on any atom is 0.277 e. The van der Waals surface area contributed by atoms with E-state index < -0.39 is 0 Å². The summed E-state index contributed by atoms with van der Waals surface area (Å²) in [7, 11) is 0. The smallest absolute Gasteiger partial charge is 0.277 e. The number of furan rings is 1. The number of thioether (sulfide) groups is 1. The van der Waals surface area contributed by atoms with Crippen LogP contribution in [0, 0.1) is 0 Å². The van der Waals surface area contributed by atoms with Crippen molar-refractivity contribution >= 4 is 17.7 Å². The number of nitrogens with one attached hydrogen (secondary N) is 1. The van der Waals surface area contributed by atoms with E-state index in [0.29, 0.717) is 17.0 Å². The van der Waals surface area contributed by atoms with Gasteiger partial charge >= 0.3 is 0 Å². The van der Waals surface area contributed by atoms with Gasteiger partial charge in [0.1, 0.15) is 5.76 Å². The number of carbonyl (C=O) groups is 1. The average molecular weight is 293 g/mol. The van der Waals surface area contributed by atoms with Gasteiger partial charge < -0.3 is 14.2 Å². The van der Waals surface area contributed by atoms with Gasteiger partial charge in [-0.3, -0.25) is 4.79 Å². The summed E-state index contributed by atoms with van der Waals surface area (Å²) in [6.07, 6.45) is 3.82. The van der Waals surface area contributed by atoms with Crippen LogP contribution >= 0.6 is 11.8 Å². The highest BCUT2D eigenvalue weighted by Crippen LogP contribution is 2.39. The Balaban J connectivity index is 1.46. The molecule has 1 N–H and O–H groups in total. The third-order valence-electron chi connectivity index (χ3n) is 3.02. The maximum absolute atomic E-state index is 11.8. The van der Waals surface area contributed by atoms with Crippen LogP contribution < -0.4 is 5.32 Å². The van der Waals surface area contributed by atoms with Gasteiger partial charge in [-0.15, -0.1) is 10.2 Å². The van der Waals surface area contributed by atoms with Gasteiger partial charge in [-0.05, 0) is 31.9 Å². The Kier molecular flexibility index (Phi) is 3.77. The molecule has 0 radical (unpaired) electrons. The zero-order chi connectivity index (χ0) is 13.9. The molecule has 1 amide bonds. The minimum absolute atomic E-state index is 0.0925. The van der Waals surface area contributed by atoms with Gasteiger partial charge in [0.05, 0.1) is 18.1 Å². The van der Waals surface area contributed by atoms with E-state index in [-0.39, 0.29) is 17.7 Å². The summed E-state index contributed by atoms with van der Waals surface area (Å²) in [4.78, 5) is 11.8. The Morgan fingerprint density at radius 3 is 3.10 bits per heavy atom. The van der Waals surface area contributed by atoms with Crippen LogP contribution in [-0.2, 0) is 4.79 Å². The van der Waals surface area contributed by atoms with Crippen LogP contribution in [0.1, 0.15) is 43.4 Å². The van der Waals surface area contributed by atoms with Crippen molar-refractivity contribution in [3.8, 4) is 0 Å². The second kappa shape index (κ2) is 5.70. The number of hydrogen-bond donors (Lipinski definition) is 1. The molecular weight excluding hydrogens is 278 g/mol. The fourth-order valence-electron chi connectivity index (χ4n) is 1.79. The highest BCUT2D eigenvalue weighted by atomic mass is 32.2. The van der Waals surface area contributed by atoms with E-state index in [1.165, 1.54) is 11.8 Å². The van der Waals surface area contributed by atoms with E-state index in [4.69, 9.17) is 8.83 Å². The number of amides is 1. The molecule has 2 aromatic heterocycles. The van der Waals surface area contributed by atoms with Crippen molar-refractivity contribution in [1.29, 1.82) is 0 Å². The lowest BCUT2D eigenvalue weighted by molar-refractivity contribution is -0.119. The first-order valence-electron chi connectivity index (χ1n) is 6.51. The Hall–Kier alpha value is -1.76. The molecule has 1 fully saturated rings. The van der Waals surface area contributed by atoms with E-state index in [1.807, 2.05) is 13.0 Å². The van der Waals surface area contributed by atoms with E-state index >= 15 is 0 Å². The van der Waals surface area contributed by atoms with Crippen LogP contribution in [0.4, 0.5) is 0 Å². The van der Waals surface area contributed by atoms with E-state index in [2.05, 4.69) is 15.5 Å². The fraction of sp³-hybridized carbons (Fsp3) is 0.462. The molecule has 0 aliphatic heterocycles. The first kappa shape index (κ1) is 13.2. The summed E-state index contributed by atoms with van der Waals surface area (Å²) in [5.41, 5.74) is 0. The average Bonchev–Trinajstić information content (AvgIpc) is 2.95. The highest BCUT2D eigenvalue weighted by Gasteiger charge is 2.29. The Bertz CT molecular complexity index is 577. The third-order valence-corrected chi connectivity index (χ3v) is 3.84. The molecular formula is C13H15N3O3S. The van der Waals surface area contributed by atoms with Crippen LogP contribution in [0.25, 0.3) is 0 Å². The standard InChI is InChI=1S/C13H15N3O3S/c1-8(10-3-2-6-18-10)14-11(17)7-20-13-16-15-12(19-13)9-4-5-9/h2-3,6,8-9H,4-5,7H2,1H3,(H,14,17)/t8-/m0/s1. The minimum Gasteiger partial charge on any atom is -0.467 e. The summed E-state index contributed by atoms with van der Waals surface area (Å²) < 4.78 is 10.7. The summed E-state index contributed by atoms with van der Waals surface area (Å²) in [6, 6.07) is 3.48. The number of rotatable bonds is 6.